The molecule has 148 valence electrons. The van der Waals surface area contributed by atoms with Crippen molar-refractivity contribution < 1.29 is 9.59 Å². The number of pyridine rings is 1. The Hall–Kier alpha value is -2.93. The zero-order valence-corrected chi connectivity index (χ0v) is 16.0. The molecule has 1 aromatic carbocycles. The average molecular weight is 381 g/mol. The first kappa shape index (κ1) is 19.8. The van der Waals surface area contributed by atoms with Crippen LogP contribution in [0, 0.1) is 0 Å². The van der Waals surface area contributed by atoms with E-state index in [1.807, 2.05) is 53.4 Å². The predicted octanol–water partition coefficient (Wildman–Crippen LogP) is 0.807. The highest BCUT2D eigenvalue weighted by Gasteiger charge is 2.22. The molecule has 28 heavy (non-hydrogen) atoms. The minimum Gasteiger partial charge on any atom is -0.354 e. The Labute approximate surface area is 165 Å². The molecule has 2 heterocycles. The number of benzene rings is 1. The Kier molecular flexibility index (Phi) is 6.97. The maximum atomic E-state index is 12.4. The summed E-state index contributed by atoms with van der Waals surface area (Å²) in [5, 5.41) is 2.78. The molecule has 0 radical (unpaired) electrons. The van der Waals surface area contributed by atoms with Gasteiger partial charge in [0.05, 0.1) is 6.04 Å². The third-order valence-electron chi connectivity index (χ3n) is 4.88. The lowest BCUT2D eigenvalue weighted by molar-refractivity contribution is -0.131. The zero-order chi connectivity index (χ0) is 19.8. The number of anilines is 1. The van der Waals surface area contributed by atoms with E-state index in [0.29, 0.717) is 26.1 Å². The van der Waals surface area contributed by atoms with E-state index in [1.165, 1.54) is 0 Å². The Balaban J connectivity index is 1.36. The number of nitrogens with zero attached hydrogens (tertiary/aromatic N) is 3. The van der Waals surface area contributed by atoms with Gasteiger partial charge in [-0.2, -0.15) is 0 Å². The number of piperazine rings is 1. The van der Waals surface area contributed by atoms with Gasteiger partial charge in [-0.25, -0.2) is 4.98 Å². The van der Waals surface area contributed by atoms with Crippen LogP contribution in [0.2, 0.25) is 0 Å². The molecule has 0 bridgehead atoms. The molecule has 1 saturated heterocycles. The molecular formula is C21H27N5O2. The van der Waals surface area contributed by atoms with Crippen molar-refractivity contribution in [3.63, 3.8) is 0 Å². The van der Waals surface area contributed by atoms with E-state index >= 15 is 0 Å². The highest BCUT2D eigenvalue weighted by Crippen LogP contribution is 2.12. The van der Waals surface area contributed by atoms with Crippen molar-refractivity contribution in [1.29, 1.82) is 0 Å². The van der Waals surface area contributed by atoms with Gasteiger partial charge in [0, 0.05) is 45.3 Å². The van der Waals surface area contributed by atoms with E-state index in [9.17, 15) is 9.59 Å². The lowest BCUT2D eigenvalue weighted by atomic mass is 10.1. The van der Waals surface area contributed by atoms with E-state index in [0.717, 1.165) is 24.5 Å². The topological polar surface area (TPSA) is 91.6 Å². The third kappa shape index (κ3) is 5.53. The highest BCUT2D eigenvalue weighted by atomic mass is 16.2. The van der Waals surface area contributed by atoms with Crippen LogP contribution in [0.1, 0.15) is 12.0 Å². The van der Waals surface area contributed by atoms with Gasteiger partial charge in [0.15, 0.2) is 0 Å². The van der Waals surface area contributed by atoms with Gasteiger partial charge in [-0.3, -0.25) is 9.59 Å². The highest BCUT2D eigenvalue weighted by molar-refractivity contribution is 5.83. The van der Waals surface area contributed by atoms with Crippen molar-refractivity contribution >= 4 is 17.6 Å². The Morgan fingerprint density at radius 2 is 1.75 bits per heavy atom. The molecule has 2 aromatic rings. The number of hydrogen-bond donors (Lipinski definition) is 2. The second-order valence-corrected chi connectivity index (χ2v) is 6.89. The fraction of sp³-hybridized carbons (Fsp3) is 0.381. The second kappa shape index (κ2) is 9.85. The molecule has 7 heteroatoms. The molecule has 1 aliphatic rings. The number of nitrogens with one attached hydrogen (secondary N) is 1. The van der Waals surface area contributed by atoms with Crippen LogP contribution in [-0.4, -0.2) is 60.5 Å². The maximum Gasteiger partial charge on any atom is 0.237 e. The quantitative estimate of drug-likeness (QED) is 0.740. The van der Waals surface area contributed by atoms with Gasteiger partial charge < -0.3 is 20.9 Å². The first-order valence-corrected chi connectivity index (χ1v) is 9.64. The molecule has 3 N–H and O–H groups in total. The minimum absolute atomic E-state index is 0.0533. The summed E-state index contributed by atoms with van der Waals surface area (Å²) in [5.74, 6) is 0.767. The number of carbonyl (C=O) groups excluding carboxylic acids is 2. The minimum atomic E-state index is -0.612. The maximum absolute atomic E-state index is 12.4. The summed E-state index contributed by atoms with van der Waals surface area (Å²) in [6, 6.07) is 14.9. The summed E-state index contributed by atoms with van der Waals surface area (Å²) in [7, 11) is 0. The third-order valence-corrected chi connectivity index (χ3v) is 4.88. The number of hydrogen-bond acceptors (Lipinski definition) is 5. The molecule has 1 unspecified atom stereocenters. The van der Waals surface area contributed by atoms with Gasteiger partial charge >= 0.3 is 0 Å². The number of amides is 2. The van der Waals surface area contributed by atoms with Crippen molar-refractivity contribution in [2.75, 3.05) is 37.6 Å². The van der Waals surface area contributed by atoms with Crippen molar-refractivity contribution in [3.05, 3.63) is 60.3 Å². The summed E-state index contributed by atoms with van der Waals surface area (Å²) in [4.78, 5) is 32.9. The van der Waals surface area contributed by atoms with Gasteiger partial charge in [0.25, 0.3) is 0 Å². The van der Waals surface area contributed by atoms with Crippen molar-refractivity contribution in [3.8, 4) is 0 Å². The summed E-state index contributed by atoms with van der Waals surface area (Å²) in [6.07, 6.45) is 2.54. The van der Waals surface area contributed by atoms with E-state index in [2.05, 4.69) is 15.2 Å². The first-order chi connectivity index (χ1) is 13.6. The molecule has 2 amide bonds. The van der Waals surface area contributed by atoms with Crippen LogP contribution in [0.5, 0.6) is 0 Å². The molecule has 1 atom stereocenters. The lowest BCUT2D eigenvalue weighted by Crippen LogP contribution is -2.50. The zero-order valence-electron chi connectivity index (χ0n) is 16.0. The van der Waals surface area contributed by atoms with E-state index in [-0.39, 0.29) is 18.2 Å². The van der Waals surface area contributed by atoms with Crippen LogP contribution >= 0.6 is 0 Å². The molecule has 1 aromatic heterocycles. The summed E-state index contributed by atoms with van der Waals surface area (Å²) < 4.78 is 0. The summed E-state index contributed by atoms with van der Waals surface area (Å²) in [6.45, 7) is 3.16. The Bertz CT molecular complexity index is 761. The van der Waals surface area contributed by atoms with Crippen LogP contribution in [-0.2, 0) is 16.0 Å². The number of rotatable bonds is 7. The van der Waals surface area contributed by atoms with Gasteiger partial charge in [0.2, 0.25) is 11.8 Å². The van der Waals surface area contributed by atoms with E-state index in [4.69, 9.17) is 5.73 Å². The molecule has 0 spiro atoms. The Morgan fingerprint density at radius 3 is 2.43 bits per heavy atom. The number of nitrogens with two attached hydrogens (primary N) is 1. The van der Waals surface area contributed by atoms with Gasteiger partial charge in [-0.15, -0.1) is 0 Å². The van der Waals surface area contributed by atoms with Crippen LogP contribution in [0.4, 0.5) is 5.82 Å². The largest absolute Gasteiger partial charge is 0.354 e. The summed E-state index contributed by atoms with van der Waals surface area (Å²) >= 11 is 0. The molecule has 0 aliphatic carbocycles. The Morgan fingerprint density at radius 1 is 1.04 bits per heavy atom. The monoisotopic (exact) mass is 381 g/mol. The van der Waals surface area contributed by atoms with Gasteiger partial charge in [-0.1, -0.05) is 36.4 Å². The van der Waals surface area contributed by atoms with E-state index in [1.54, 1.807) is 6.20 Å². The number of aromatic nitrogens is 1. The normalized spacial score (nSPS) is 15.2. The van der Waals surface area contributed by atoms with Gasteiger partial charge in [-0.05, 0) is 24.1 Å². The smallest absolute Gasteiger partial charge is 0.237 e. The van der Waals surface area contributed by atoms with Crippen LogP contribution < -0.4 is 16.0 Å². The SMILES string of the molecule is NC(Cc1ccccc1)C(=O)NCCC(=O)N1CCN(c2ccccn2)CC1. The fourth-order valence-corrected chi connectivity index (χ4v) is 3.27. The predicted molar refractivity (Wildman–Crippen MR) is 109 cm³/mol. The van der Waals surface area contributed by atoms with Crippen molar-refractivity contribution in [2.24, 2.45) is 5.73 Å². The lowest BCUT2D eigenvalue weighted by Gasteiger charge is -2.35. The first-order valence-electron chi connectivity index (χ1n) is 9.64. The molecule has 1 aliphatic heterocycles. The second-order valence-electron chi connectivity index (χ2n) is 6.89. The molecule has 0 saturated carbocycles. The molecule has 3 rings (SSSR count). The standard InChI is InChI=1S/C21H27N5O2/c22-18(16-17-6-2-1-3-7-17)21(28)24-11-9-20(27)26-14-12-25(13-15-26)19-8-4-5-10-23-19/h1-8,10,18H,9,11-16,22H2,(H,24,28). The molecular weight excluding hydrogens is 354 g/mol. The number of carbonyl (C=O) groups is 2. The average Bonchev–Trinajstić information content (AvgIpc) is 2.75. The van der Waals surface area contributed by atoms with Crippen molar-refractivity contribution in [2.45, 2.75) is 18.9 Å². The van der Waals surface area contributed by atoms with Crippen molar-refractivity contribution in [1.82, 2.24) is 15.2 Å². The van der Waals surface area contributed by atoms with Crippen LogP contribution in [0.15, 0.2) is 54.7 Å². The van der Waals surface area contributed by atoms with E-state index < -0.39 is 6.04 Å². The fourth-order valence-electron chi connectivity index (χ4n) is 3.27. The van der Waals surface area contributed by atoms with Gasteiger partial charge in [0.1, 0.15) is 5.82 Å². The van der Waals surface area contributed by atoms with Crippen LogP contribution in [0.25, 0.3) is 0 Å². The summed E-state index contributed by atoms with van der Waals surface area (Å²) in [5.41, 5.74) is 6.98. The molecule has 7 nitrogen and oxygen atoms in total. The van der Waals surface area contributed by atoms with Crippen LogP contribution in [0.3, 0.4) is 0 Å². The molecule has 1 fully saturated rings.